The van der Waals surface area contributed by atoms with Crippen molar-refractivity contribution in [2.45, 2.75) is 33.7 Å². The Balaban J connectivity index is 4.22. The highest BCUT2D eigenvalue weighted by molar-refractivity contribution is 5.80. The average Bonchev–Trinajstić information content (AvgIpc) is 2.30. The highest BCUT2D eigenvalue weighted by Gasteiger charge is 2.12. The molecule has 0 aliphatic heterocycles. The summed E-state index contributed by atoms with van der Waals surface area (Å²) in [6.45, 7) is 11.9. The Kier molecular flexibility index (Phi) is 7.97. The summed E-state index contributed by atoms with van der Waals surface area (Å²) in [5.41, 5.74) is 0.735. The molecule has 0 aliphatic rings. The molecule has 0 bridgehead atoms. The number of amides is 1. The quantitative estimate of drug-likeness (QED) is 0.524. The average molecular weight is 237 g/mol. The third kappa shape index (κ3) is 7.47. The summed E-state index contributed by atoms with van der Waals surface area (Å²) >= 11 is 0. The molecule has 2 N–H and O–H groups in total. The summed E-state index contributed by atoms with van der Waals surface area (Å²) in [4.78, 5) is 15.4. The number of aliphatic imine (C=N–C) groups is 1. The van der Waals surface area contributed by atoms with Crippen molar-refractivity contribution in [3.63, 3.8) is 0 Å². The minimum atomic E-state index is -0.0718. The van der Waals surface area contributed by atoms with E-state index >= 15 is 0 Å². The van der Waals surface area contributed by atoms with Gasteiger partial charge in [-0.15, -0.1) is 0 Å². The second-order valence-electron chi connectivity index (χ2n) is 4.20. The summed E-state index contributed by atoms with van der Waals surface area (Å²) in [6, 6.07) is 0.385. The van der Waals surface area contributed by atoms with Crippen molar-refractivity contribution in [2.24, 2.45) is 10.9 Å². The van der Waals surface area contributed by atoms with Crippen LogP contribution in [0.2, 0.25) is 0 Å². The third-order valence-corrected chi connectivity index (χ3v) is 2.22. The lowest BCUT2D eigenvalue weighted by atomic mass is 10.1. The molecule has 1 atom stereocenters. The normalized spacial score (nSPS) is 14.1. The van der Waals surface area contributed by atoms with Crippen LogP contribution in [0.15, 0.2) is 29.0 Å². The Morgan fingerprint density at radius 2 is 2.06 bits per heavy atom. The third-order valence-electron chi connectivity index (χ3n) is 2.22. The van der Waals surface area contributed by atoms with Crippen LogP contribution >= 0.6 is 0 Å². The second-order valence-corrected chi connectivity index (χ2v) is 4.20. The Bertz CT molecular complexity index is 306. The van der Waals surface area contributed by atoms with Crippen LogP contribution in [0.5, 0.6) is 0 Å². The van der Waals surface area contributed by atoms with Crippen LogP contribution in [0, 0.1) is 5.92 Å². The molecule has 0 saturated carbocycles. The maximum atomic E-state index is 11.8. The number of hydrogen-bond acceptors (Lipinski definition) is 3. The smallest absolute Gasteiger partial charge is 0.228 e. The van der Waals surface area contributed by atoms with Gasteiger partial charge in [0, 0.05) is 30.4 Å². The Morgan fingerprint density at radius 1 is 1.41 bits per heavy atom. The zero-order valence-corrected chi connectivity index (χ0v) is 11.2. The molecule has 0 spiro atoms. The molecule has 0 heterocycles. The van der Waals surface area contributed by atoms with Gasteiger partial charge in [0.15, 0.2) is 0 Å². The van der Waals surface area contributed by atoms with Crippen LogP contribution < -0.4 is 10.6 Å². The number of nitrogens with zero attached hydrogens (tertiary/aromatic N) is 1. The maximum Gasteiger partial charge on any atom is 0.228 e. The van der Waals surface area contributed by atoms with Gasteiger partial charge in [-0.25, -0.2) is 0 Å². The first kappa shape index (κ1) is 15.6. The van der Waals surface area contributed by atoms with E-state index in [0.29, 0.717) is 12.6 Å². The predicted molar refractivity (Wildman–Crippen MR) is 72.9 cm³/mol. The van der Waals surface area contributed by atoms with Crippen LogP contribution in [0.3, 0.4) is 0 Å². The number of rotatable bonds is 7. The van der Waals surface area contributed by atoms with Gasteiger partial charge < -0.3 is 10.6 Å². The number of carbonyl (C=O) groups is 1. The standard InChI is InChI=1S/C13H23N3O/c1-6-12(7-8-14-5)16-13(17)11(4)9-15-10(2)3/h6-8,10-11,15H,5,9H2,1-4H3,(H,16,17)/b8-7-,12-6+. The van der Waals surface area contributed by atoms with Gasteiger partial charge in [-0.2, -0.15) is 0 Å². The fraction of sp³-hybridized carbons (Fsp3) is 0.538. The summed E-state index contributed by atoms with van der Waals surface area (Å²) < 4.78 is 0. The minimum absolute atomic E-state index is 0.0000350. The van der Waals surface area contributed by atoms with Crippen molar-refractivity contribution in [1.29, 1.82) is 0 Å². The summed E-state index contributed by atoms with van der Waals surface area (Å²) in [5, 5.41) is 6.07. The SMILES string of the molecule is C=N/C=C\C(=C/C)NC(=O)C(C)CNC(C)C. The zero-order valence-electron chi connectivity index (χ0n) is 11.2. The van der Waals surface area contributed by atoms with Crippen molar-refractivity contribution < 1.29 is 4.79 Å². The van der Waals surface area contributed by atoms with Gasteiger partial charge in [-0.1, -0.05) is 26.8 Å². The lowest BCUT2D eigenvalue weighted by molar-refractivity contribution is -0.123. The van der Waals surface area contributed by atoms with Crippen molar-refractivity contribution in [3.8, 4) is 0 Å². The molecule has 1 amide bonds. The number of nitrogens with one attached hydrogen (secondary N) is 2. The summed E-state index contributed by atoms with van der Waals surface area (Å²) in [5.74, 6) is -0.0718. The molecular weight excluding hydrogens is 214 g/mol. The fourth-order valence-electron chi connectivity index (χ4n) is 1.11. The lowest BCUT2D eigenvalue weighted by Gasteiger charge is -2.15. The van der Waals surface area contributed by atoms with Crippen LogP contribution in [0.1, 0.15) is 27.7 Å². The molecular formula is C13H23N3O. The van der Waals surface area contributed by atoms with E-state index in [-0.39, 0.29) is 11.8 Å². The van der Waals surface area contributed by atoms with Gasteiger partial charge in [-0.3, -0.25) is 9.79 Å². The lowest BCUT2D eigenvalue weighted by Crippen LogP contribution is -2.36. The summed E-state index contributed by atoms with van der Waals surface area (Å²) in [6.07, 6.45) is 5.09. The molecule has 4 nitrogen and oxygen atoms in total. The molecule has 0 aromatic heterocycles. The summed E-state index contributed by atoms with van der Waals surface area (Å²) in [7, 11) is 0. The first-order valence-electron chi connectivity index (χ1n) is 5.84. The van der Waals surface area contributed by atoms with Crippen molar-refractivity contribution in [3.05, 3.63) is 24.0 Å². The minimum Gasteiger partial charge on any atom is -0.326 e. The number of hydrogen-bond donors (Lipinski definition) is 2. The first-order chi connectivity index (χ1) is 8.01. The Labute approximate surface area is 104 Å². The van der Waals surface area contributed by atoms with Crippen LogP contribution in [0.25, 0.3) is 0 Å². The number of carbonyl (C=O) groups excluding carboxylic acids is 1. The molecule has 0 fully saturated rings. The van der Waals surface area contributed by atoms with E-state index in [1.165, 1.54) is 0 Å². The molecule has 1 unspecified atom stereocenters. The fourth-order valence-corrected chi connectivity index (χ4v) is 1.11. The van der Waals surface area contributed by atoms with Crippen molar-refractivity contribution >= 4 is 12.6 Å². The zero-order chi connectivity index (χ0) is 13.3. The van der Waals surface area contributed by atoms with E-state index in [4.69, 9.17) is 0 Å². The van der Waals surface area contributed by atoms with Gasteiger partial charge in [0.2, 0.25) is 5.91 Å². The molecule has 17 heavy (non-hydrogen) atoms. The van der Waals surface area contributed by atoms with Crippen molar-refractivity contribution in [1.82, 2.24) is 10.6 Å². The molecule has 0 radical (unpaired) electrons. The topological polar surface area (TPSA) is 53.5 Å². The van der Waals surface area contributed by atoms with E-state index in [1.54, 1.807) is 12.3 Å². The Hall–Kier alpha value is -1.42. The van der Waals surface area contributed by atoms with E-state index < -0.39 is 0 Å². The van der Waals surface area contributed by atoms with E-state index in [2.05, 4.69) is 36.2 Å². The van der Waals surface area contributed by atoms with Gasteiger partial charge in [0.25, 0.3) is 0 Å². The van der Waals surface area contributed by atoms with Gasteiger partial charge in [0.05, 0.1) is 0 Å². The largest absolute Gasteiger partial charge is 0.326 e. The Morgan fingerprint density at radius 3 is 2.53 bits per heavy atom. The van der Waals surface area contributed by atoms with Gasteiger partial charge in [-0.05, 0) is 19.7 Å². The highest BCUT2D eigenvalue weighted by atomic mass is 16.1. The molecule has 4 heteroatoms. The number of allylic oxidation sites excluding steroid dienone is 2. The maximum absolute atomic E-state index is 11.8. The van der Waals surface area contributed by atoms with Crippen LogP contribution in [0.4, 0.5) is 0 Å². The first-order valence-corrected chi connectivity index (χ1v) is 5.84. The van der Waals surface area contributed by atoms with Gasteiger partial charge >= 0.3 is 0 Å². The molecule has 0 rings (SSSR count). The molecule has 96 valence electrons. The van der Waals surface area contributed by atoms with E-state index in [9.17, 15) is 4.79 Å². The highest BCUT2D eigenvalue weighted by Crippen LogP contribution is 1.98. The van der Waals surface area contributed by atoms with Crippen molar-refractivity contribution in [2.75, 3.05) is 6.54 Å². The molecule has 0 saturated heterocycles. The molecule has 0 aromatic carbocycles. The van der Waals surface area contributed by atoms with E-state index in [0.717, 1.165) is 5.70 Å². The molecule has 0 aliphatic carbocycles. The predicted octanol–water partition coefficient (Wildman–Crippen LogP) is 1.85. The van der Waals surface area contributed by atoms with Gasteiger partial charge in [0.1, 0.15) is 0 Å². The van der Waals surface area contributed by atoms with Crippen LogP contribution in [-0.2, 0) is 4.79 Å². The monoisotopic (exact) mass is 237 g/mol. The van der Waals surface area contributed by atoms with Crippen LogP contribution in [-0.4, -0.2) is 25.2 Å². The van der Waals surface area contributed by atoms with E-state index in [1.807, 2.05) is 19.9 Å². The second kappa shape index (κ2) is 8.70. The molecule has 0 aromatic rings.